The highest BCUT2D eigenvalue weighted by Crippen LogP contribution is 2.28. The van der Waals surface area contributed by atoms with E-state index in [1.54, 1.807) is 35.2 Å². The molecule has 2 aromatic rings. The molecule has 1 unspecified atom stereocenters. The van der Waals surface area contributed by atoms with E-state index in [0.29, 0.717) is 5.56 Å². The summed E-state index contributed by atoms with van der Waals surface area (Å²) in [7, 11) is -3.27. The molecule has 0 saturated carbocycles. The number of benzene rings is 2. The topological polar surface area (TPSA) is 54.5 Å². The van der Waals surface area contributed by atoms with Crippen LogP contribution in [0.2, 0.25) is 0 Å². The number of para-hydroxylation sites is 1. The lowest BCUT2D eigenvalue weighted by molar-refractivity contribution is 0.0983. The third kappa shape index (κ3) is 3.85. The van der Waals surface area contributed by atoms with Crippen molar-refractivity contribution in [3.8, 4) is 0 Å². The Bertz CT molecular complexity index is 920. The highest BCUT2D eigenvalue weighted by Gasteiger charge is 2.32. The van der Waals surface area contributed by atoms with Crippen LogP contribution in [0.15, 0.2) is 64.5 Å². The number of amides is 1. The standard InChI is InChI=1S/C19H18BrNO3S/c1-2-14-5-3-4-6-18(14)21(17-11-12-25(23,24)13-17)19(22)15-7-9-16(20)10-8-15/h3-12,17H,2,13H2,1H3. The third-order valence-electron chi connectivity index (χ3n) is 4.18. The second-order valence-electron chi connectivity index (χ2n) is 5.89. The molecule has 0 aromatic heterocycles. The third-order valence-corrected chi connectivity index (χ3v) is 6.09. The van der Waals surface area contributed by atoms with Crippen molar-refractivity contribution in [1.82, 2.24) is 0 Å². The van der Waals surface area contributed by atoms with E-state index in [-0.39, 0.29) is 11.7 Å². The molecule has 0 fully saturated rings. The number of aryl methyl sites for hydroxylation is 1. The molecule has 1 aliphatic rings. The van der Waals surface area contributed by atoms with E-state index in [9.17, 15) is 13.2 Å². The summed E-state index contributed by atoms with van der Waals surface area (Å²) in [6, 6.07) is 14.2. The molecule has 0 N–H and O–H groups in total. The van der Waals surface area contributed by atoms with Gasteiger partial charge in [0, 0.05) is 21.1 Å². The van der Waals surface area contributed by atoms with E-state index in [4.69, 9.17) is 0 Å². The SMILES string of the molecule is CCc1ccccc1N(C(=O)c1ccc(Br)cc1)C1C=CS(=O)(=O)C1. The fourth-order valence-corrected chi connectivity index (χ4v) is 4.47. The van der Waals surface area contributed by atoms with Gasteiger partial charge in [0.25, 0.3) is 5.91 Å². The largest absolute Gasteiger partial charge is 0.300 e. The molecule has 2 aromatic carbocycles. The van der Waals surface area contributed by atoms with Crippen LogP contribution in [0, 0.1) is 0 Å². The van der Waals surface area contributed by atoms with Crippen LogP contribution in [0.4, 0.5) is 5.69 Å². The number of carbonyl (C=O) groups is 1. The number of hydrogen-bond acceptors (Lipinski definition) is 3. The summed E-state index contributed by atoms with van der Waals surface area (Å²) in [6.07, 6.45) is 2.35. The van der Waals surface area contributed by atoms with Gasteiger partial charge in [-0.25, -0.2) is 8.42 Å². The molecule has 0 bridgehead atoms. The van der Waals surface area contributed by atoms with Gasteiger partial charge in [0.2, 0.25) is 0 Å². The summed E-state index contributed by atoms with van der Waals surface area (Å²) in [5.41, 5.74) is 2.28. The molecule has 1 aliphatic heterocycles. The summed E-state index contributed by atoms with van der Waals surface area (Å²) in [5.74, 6) is -0.298. The van der Waals surface area contributed by atoms with E-state index in [0.717, 1.165) is 22.1 Å². The normalized spacial score (nSPS) is 18.2. The van der Waals surface area contributed by atoms with Gasteiger partial charge in [-0.05, 0) is 48.4 Å². The molecule has 3 rings (SSSR count). The van der Waals surface area contributed by atoms with Crippen molar-refractivity contribution < 1.29 is 13.2 Å². The second kappa shape index (κ2) is 7.14. The average molecular weight is 420 g/mol. The van der Waals surface area contributed by atoms with Gasteiger partial charge in [0.1, 0.15) is 0 Å². The zero-order valence-corrected chi connectivity index (χ0v) is 16.1. The first kappa shape index (κ1) is 17.9. The lowest BCUT2D eigenvalue weighted by atomic mass is 10.1. The molecule has 1 atom stereocenters. The van der Waals surface area contributed by atoms with Crippen LogP contribution in [-0.4, -0.2) is 26.1 Å². The van der Waals surface area contributed by atoms with Crippen molar-refractivity contribution in [2.75, 3.05) is 10.7 Å². The van der Waals surface area contributed by atoms with E-state index >= 15 is 0 Å². The van der Waals surface area contributed by atoms with Gasteiger partial charge in [-0.15, -0.1) is 0 Å². The minimum Gasteiger partial charge on any atom is -0.300 e. The van der Waals surface area contributed by atoms with Crippen molar-refractivity contribution in [2.45, 2.75) is 19.4 Å². The van der Waals surface area contributed by atoms with Crippen LogP contribution in [0.5, 0.6) is 0 Å². The van der Waals surface area contributed by atoms with Gasteiger partial charge in [0.05, 0.1) is 11.8 Å². The molecule has 1 amide bonds. The summed E-state index contributed by atoms with van der Waals surface area (Å²) in [5, 5.41) is 1.20. The molecule has 0 saturated heterocycles. The minimum atomic E-state index is -3.27. The first-order valence-electron chi connectivity index (χ1n) is 7.99. The molecular weight excluding hydrogens is 402 g/mol. The maximum Gasteiger partial charge on any atom is 0.258 e. The van der Waals surface area contributed by atoms with Gasteiger partial charge in [-0.1, -0.05) is 41.1 Å². The molecule has 4 nitrogen and oxygen atoms in total. The van der Waals surface area contributed by atoms with E-state index in [1.807, 2.05) is 31.2 Å². The van der Waals surface area contributed by atoms with E-state index < -0.39 is 15.9 Å². The highest BCUT2D eigenvalue weighted by molar-refractivity contribution is 9.10. The number of halogens is 1. The van der Waals surface area contributed by atoms with E-state index in [2.05, 4.69) is 15.9 Å². The molecular formula is C19H18BrNO3S. The average Bonchev–Trinajstić information content (AvgIpc) is 2.95. The van der Waals surface area contributed by atoms with Crippen LogP contribution < -0.4 is 4.90 Å². The zero-order chi connectivity index (χ0) is 18.0. The fraction of sp³-hybridized carbons (Fsp3) is 0.211. The maximum atomic E-state index is 13.2. The van der Waals surface area contributed by atoms with Gasteiger partial charge in [0.15, 0.2) is 9.84 Å². The predicted octanol–water partition coefficient (Wildman–Crippen LogP) is 3.97. The summed E-state index contributed by atoms with van der Waals surface area (Å²) < 4.78 is 24.7. The summed E-state index contributed by atoms with van der Waals surface area (Å²) in [4.78, 5) is 14.8. The second-order valence-corrected chi connectivity index (χ2v) is 8.74. The molecule has 25 heavy (non-hydrogen) atoms. The number of nitrogens with zero attached hydrogens (tertiary/aromatic N) is 1. The van der Waals surface area contributed by atoms with Gasteiger partial charge in [-0.3, -0.25) is 4.79 Å². The Hall–Kier alpha value is -1.92. The zero-order valence-electron chi connectivity index (χ0n) is 13.7. The Morgan fingerprint density at radius 1 is 1.16 bits per heavy atom. The van der Waals surface area contributed by atoms with Crippen molar-refractivity contribution in [3.05, 3.63) is 75.6 Å². The summed E-state index contributed by atoms with van der Waals surface area (Å²) >= 11 is 3.37. The number of hydrogen-bond donors (Lipinski definition) is 0. The van der Waals surface area contributed by atoms with Crippen LogP contribution in [0.1, 0.15) is 22.8 Å². The molecule has 1 heterocycles. The quantitative estimate of drug-likeness (QED) is 0.752. The van der Waals surface area contributed by atoms with Crippen LogP contribution >= 0.6 is 15.9 Å². The molecule has 0 spiro atoms. The van der Waals surface area contributed by atoms with Crippen molar-refractivity contribution >= 4 is 37.4 Å². The Kier molecular flexibility index (Phi) is 5.11. The van der Waals surface area contributed by atoms with Crippen molar-refractivity contribution in [2.24, 2.45) is 0 Å². The predicted molar refractivity (Wildman–Crippen MR) is 103 cm³/mol. The highest BCUT2D eigenvalue weighted by atomic mass is 79.9. The molecule has 0 radical (unpaired) electrons. The Balaban J connectivity index is 2.07. The lowest BCUT2D eigenvalue weighted by Crippen LogP contribution is -2.41. The Labute approximate surface area is 156 Å². The monoisotopic (exact) mass is 419 g/mol. The summed E-state index contributed by atoms with van der Waals surface area (Å²) in [6.45, 7) is 2.02. The van der Waals surface area contributed by atoms with Crippen molar-refractivity contribution in [1.29, 1.82) is 0 Å². The Morgan fingerprint density at radius 3 is 2.44 bits per heavy atom. The number of rotatable bonds is 4. The first-order chi connectivity index (χ1) is 11.9. The van der Waals surface area contributed by atoms with Crippen LogP contribution in [0.25, 0.3) is 0 Å². The lowest BCUT2D eigenvalue weighted by Gasteiger charge is -2.29. The van der Waals surface area contributed by atoms with Gasteiger partial charge < -0.3 is 4.90 Å². The fourth-order valence-electron chi connectivity index (χ4n) is 2.94. The molecule has 6 heteroatoms. The van der Waals surface area contributed by atoms with Gasteiger partial charge >= 0.3 is 0 Å². The number of sulfone groups is 1. The number of carbonyl (C=O) groups excluding carboxylic acids is 1. The van der Waals surface area contributed by atoms with Crippen LogP contribution in [-0.2, 0) is 16.3 Å². The molecule has 130 valence electrons. The van der Waals surface area contributed by atoms with Crippen molar-refractivity contribution in [3.63, 3.8) is 0 Å². The van der Waals surface area contributed by atoms with Gasteiger partial charge in [-0.2, -0.15) is 0 Å². The number of anilines is 1. The first-order valence-corrected chi connectivity index (χ1v) is 10.5. The Morgan fingerprint density at radius 2 is 1.84 bits per heavy atom. The smallest absolute Gasteiger partial charge is 0.258 e. The minimum absolute atomic E-state index is 0.0900. The maximum absolute atomic E-state index is 13.2. The van der Waals surface area contributed by atoms with E-state index in [1.165, 1.54) is 5.41 Å². The van der Waals surface area contributed by atoms with Crippen LogP contribution in [0.3, 0.4) is 0 Å². The molecule has 0 aliphatic carbocycles.